The highest BCUT2D eigenvalue weighted by Gasteiger charge is 2.36. The maximum atomic E-state index is 12.9. The fraction of sp³-hybridized carbons (Fsp3) is 0.579. The molecule has 0 aliphatic carbocycles. The minimum Gasteiger partial charge on any atom is -0.342 e. The van der Waals surface area contributed by atoms with Crippen LogP contribution < -0.4 is 0 Å². The summed E-state index contributed by atoms with van der Waals surface area (Å²) in [6.45, 7) is 2.78. The van der Waals surface area contributed by atoms with Gasteiger partial charge in [-0.15, -0.1) is 0 Å². The van der Waals surface area contributed by atoms with Crippen molar-refractivity contribution in [2.75, 3.05) is 26.2 Å². The molecule has 1 aromatic rings. The quantitative estimate of drug-likeness (QED) is 0.850. The van der Waals surface area contributed by atoms with Gasteiger partial charge in [0, 0.05) is 32.6 Å². The van der Waals surface area contributed by atoms with Gasteiger partial charge in [-0.25, -0.2) is 4.39 Å². The monoisotopic (exact) mass is 332 g/mol. The first-order chi connectivity index (χ1) is 11.6. The van der Waals surface area contributed by atoms with Gasteiger partial charge in [0.25, 0.3) is 0 Å². The van der Waals surface area contributed by atoms with Crippen molar-refractivity contribution in [2.24, 2.45) is 5.92 Å². The molecule has 5 heteroatoms. The summed E-state index contributed by atoms with van der Waals surface area (Å²) in [7, 11) is 0. The Hall–Kier alpha value is -1.91. The first-order valence-corrected chi connectivity index (χ1v) is 8.94. The number of benzene rings is 1. The van der Waals surface area contributed by atoms with Gasteiger partial charge in [0.15, 0.2) is 0 Å². The molecule has 130 valence electrons. The predicted octanol–water partition coefficient (Wildman–Crippen LogP) is 2.62. The summed E-state index contributed by atoms with van der Waals surface area (Å²) >= 11 is 0. The molecule has 0 radical (unpaired) electrons. The molecule has 2 heterocycles. The van der Waals surface area contributed by atoms with E-state index in [2.05, 4.69) is 0 Å². The van der Waals surface area contributed by atoms with Crippen molar-refractivity contribution in [1.82, 2.24) is 9.80 Å². The van der Waals surface area contributed by atoms with Gasteiger partial charge in [0.1, 0.15) is 5.82 Å². The van der Waals surface area contributed by atoms with Gasteiger partial charge < -0.3 is 9.80 Å². The number of carbonyl (C=O) groups excluding carboxylic acids is 2. The van der Waals surface area contributed by atoms with Crippen molar-refractivity contribution in [3.05, 3.63) is 35.6 Å². The molecular formula is C19H25FN2O2. The highest BCUT2D eigenvalue weighted by atomic mass is 19.1. The van der Waals surface area contributed by atoms with Crippen molar-refractivity contribution >= 4 is 11.8 Å². The summed E-state index contributed by atoms with van der Waals surface area (Å²) in [4.78, 5) is 28.6. The average Bonchev–Trinajstić information content (AvgIpc) is 2.78. The van der Waals surface area contributed by atoms with E-state index in [0.29, 0.717) is 25.9 Å². The van der Waals surface area contributed by atoms with Crippen LogP contribution in [0.15, 0.2) is 24.3 Å². The van der Waals surface area contributed by atoms with Gasteiger partial charge in [-0.3, -0.25) is 9.59 Å². The second-order valence-electron chi connectivity index (χ2n) is 6.86. The van der Waals surface area contributed by atoms with Crippen molar-refractivity contribution in [3.8, 4) is 0 Å². The van der Waals surface area contributed by atoms with Crippen LogP contribution in [-0.2, 0) is 16.0 Å². The second-order valence-corrected chi connectivity index (χ2v) is 6.86. The van der Waals surface area contributed by atoms with E-state index in [0.717, 1.165) is 31.5 Å². The van der Waals surface area contributed by atoms with E-state index in [9.17, 15) is 14.0 Å². The topological polar surface area (TPSA) is 40.6 Å². The molecule has 1 atom stereocenters. The first kappa shape index (κ1) is 16.9. The van der Waals surface area contributed by atoms with Crippen LogP contribution in [0.25, 0.3) is 0 Å². The lowest BCUT2D eigenvalue weighted by molar-refractivity contribution is -0.135. The molecule has 3 rings (SSSR count). The highest BCUT2D eigenvalue weighted by Crippen LogP contribution is 2.22. The third-order valence-electron chi connectivity index (χ3n) is 5.07. The van der Waals surface area contributed by atoms with Gasteiger partial charge in [-0.05, 0) is 37.0 Å². The molecule has 1 unspecified atom stereocenters. The standard InChI is InChI=1S/C19H25FN2O2/c20-17-7-5-15(6-8-17)9-12-22-14-16(13-18(22)23)19(24)21-10-3-1-2-4-11-21/h5-8,16H,1-4,9-14H2. The number of halogens is 1. The number of hydrogen-bond donors (Lipinski definition) is 0. The zero-order valence-electron chi connectivity index (χ0n) is 14.0. The van der Waals surface area contributed by atoms with Gasteiger partial charge in [-0.1, -0.05) is 25.0 Å². The Balaban J connectivity index is 1.53. The molecule has 24 heavy (non-hydrogen) atoms. The average molecular weight is 332 g/mol. The van der Waals surface area contributed by atoms with E-state index in [1.54, 1.807) is 17.0 Å². The smallest absolute Gasteiger partial charge is 0.227 e. The maximum Gasteiger partial charge on any atom is 0.227 e. The molecule has 0 spiro atoms. The zero-order valence-corrected chi connectivity index (χ0v) is 14.0. The third kappa shape index (κ3) is 4.13. The number of rotatable bonds is 4. The lowest BCUT2D eigenvalue weighted by Crippen LogP contribution is -2.38. The molecule has 2 aliphatic rings. The number of carbonyl (C=O) groups is 2. The molecule has 0 saturated carbocycles. The molecule has 2 aliphatic heterocycles. The zero-order chi connectivity index (χ0) is 16.9. The van der Waals surface area contributed by atoms with Gasteiger partial charge in [0.05, 0.1) is 5.92 Å². The Labute approximate surface area is 142 Å². The van der Waals surface area contributed by atoms with Crippen LogP contribution in [0.1, 0.15) is 37.7 Å². The number of likely N-dealkylation sites (tertiary alicyclic amines) is 2. The van der Waals surface area contributed by atoms with E-state index in [1.807, 2.05) is 4.90 Å². The molecule has 1 aromatic carbocycles. The minimum absolute atomic E-state index is 0.0604. The lowest BCUT2D eigenvalue weighted by atomic mass is 10.1. The summed E-state index contributed by atoms with van der Waals surface area (Å²) in [5, 5.41) is 0. The van der Waals surface area contributed by atoms with Crippen molar-refractivity contribution < 1.29 is 14.0 Å². The van der Waals surface area contributed by atoms with E-state index < -0.39 is 0 Å². The van der Waals surface area contributed by atoms with Crippen LogP contribution in [0.3, 0.4) is 0 Å². The number of nitrogens with zero attached hydrogens (tertiary/aromatic N) is 2. The van der Waals surface area contributed by atoms with E-state index in [4.69, 9.17) is 0 Å². The minimum atomic E-state index is -0.251. The maximum absolute atomic E-state index is 12.9. The van der Waals surface area contributed by atoms with Crippen LogP contribution in [0.2, 0.25) is 0 Å². The second kappa shape index (κ2) is 7.77. The van der Waals surface area contributed by atoms with Crippen LogP contribution in [0.4, 0.5) is 4.39 Å². The van der Waals surface area contributed by atoms with E-state index in [-0.39, 0.29) is 23.5 Å². The van der Waals surface area contributed by atoms with Gasteiger partial charge in [0.2, 0.25) is 11.8 Å². The Morgan fingerprint density at radius 1 is 1.08 bits per heavy atom. The molecular weight excluding hydrogens is 307 g/mol. The summed E-state index contributed by atoms with van der Waals surface area (Å²) in [5.41, 5.74) is 1.01. The Kier molecular flexibility index (Phi) is 5.48. The molecule has 4 nitrogen and oxygen atoms in total. The molecule has 0 aromatic heterocycles. The molecule has 0 N–H and O–H groups in total. The molecule has 2 fully saturated rings. The summed E-state index contributed by atoms with van der Waals surface area (Å²) < 4.78 is 12.9. The van der Waals surface area contributed by atoms with Crippen LogP contribution >= 0.6 is 0 Å². The van der Waals surface area contributed by atoms with Crippen LogP contribution in [-0.4, -0.2) is 47.8 Å². The van der Waals surface area contributed by atoms with Gasteiger partial charge in [-0.2, -0.15) is 0 Å². The van der Waals surface area contributed by atoms with E-state index >= 15 is 0 Å². The third-order valence-corrected chi connectivity index (χ3v) is 5.07. The van der Waals surface area contributed by atoms with Crippen molar-refractivity contribution in [2.45, 2.75) is 38.5 Å². The normalized spacial score (nSPS) is 21.9. The first-order valence-electron chi connectivity index (χ1n) is 8.94. The number of hydrogen-bond acceptors (Lipinski definition) is 2. The van der Waals surface area contributed by atoms with Crippen LogP contribution in [0, 0.1) is 11.7 Å². The van der Waals surface area contributed by atoms with E-state index in [1.165, 1.54) is 25.0 Å². The molecule has 2 amide bonds. The highest BCUT2D eigenvalue weighted by molar-refractivity contribution is 5.89. The fourth-order valence-corrected chi connectivity index (χ4v) is 3.62. The Bertz CT molecular complexity index is 580. The largest absolute Gasteiger partial charge is 0.342 e. The number of amides is 2. The molecule has 0 bridgehead atoms. The summed E-state index contributed by atoms with van der Waals surface area (Å²) in [6, 6.07) is 6.37. The molecule has 2 saturated heterocycles. The summed E-state index contributed by atoms with van der Waals surface area (Å²) in [6.07, 6.45) is 5.55. The fourth-order valence-electron chi connectivity index (χ4n) is 3.62. The van der Waals surface area contributed by atoms with Crippen molar-refractivity contribution in [3.63, 3.8) is 0 Å². The Morgan fingerprint density at radius 2 is 1.75 bits per heavy atom. The van der Waals surface area contributed by atoms with Gasteiger partial charge >= 0.3 is 0 Å². The SMILES string of the molecule is O=C1CC(C(=O)N2CCCCCC2)CN1CCc1ccc(F)cc1. The Morgan fingerprint density at radius 3 is 2.42 bits per heavy atom. The lowest BCUT2D eigenvalue weighted by Gasteiger charge is -2.24. The van der Waals surface area contributed by atoms with Crippen LogP contribution in [0.5, 0.6) is 0 Å². The summed E-state index contributed by atoms with van der Waals surface area (Å²) in [5.74, 6) is -0.234. The van der Waals surface area contributed by atoms with Crippen molar-refractivity contribution in [1.29, 1.82) is 0 Å². The predicted molar refractivity (Wildman–Crippen MR) is 89.8 cm³/mol.